The summed E-state index contributed by atoms with van der Waals surface area (Å²) in [5, 5.41) is 15.7. The minimum atomic E-state index is -0.521. The van der Waals surface area contributed by atoms with E-state index in [1.807, 2.05) is 0 Å². The maximum atomic E-state index is 14.5. The Kier molecular flexibility index (Phi) is 5.23. The SMILES string of the molecule is CCOC(=O)c1sc2cccc(F)c2c1Cn1cnc(-c2cccc([N+](=O)[O-])c2)n1. The number of carbonyl (C=O) groups is 1. The quantitative estimate of drug-likeness (QED) is 0.257. The van der Waals surface area contributed by atoms with Crippen LogP contribution in [0.2, 0.25) is 0 Å². The zero-order chi connectivity index (χ0) is 21.3. The average Bonchev–Trinajstić information content (AvgIpc) is 3.34. The van der Waals surface area contributed by atoms with Crippen molar-refractivity contribution in [2.75, 3.05) is 6.61 Å². The first-order valence-corrected chi connectivity index (χ1v) is 9.81. The van der Waals surface area contributed by atoms with Gasteiger partial charge in [-0.1, -0.05) is 18.2 Å². The molecule has 0 atom stereocenters. The van der Waals surface area contributed by atoms with Crippen LogP contribution in [-0.4, -0.2) is 32.3 Å². The molecule has 2 aromatic carbocycles. The molecule has 152 valence electrons. The van der Waals surface area contributed by atoms with Crippen LogP contribution in [0.5, 0.6) is 0 Å². The van der Waals surface area contributed by atoms with Gasteiger partial charge < -0.3 is 4.74 Å². The lowest BCUT2D eigenvalue weighted by atomic mass is 10.1. The molecule has 0 radical (unpaired) electrons. The van der Waals surface area contributed by atoms with E-state index in [4.69, 9.17) is 4.74 Å². The number of carbonyl (C=O) groups excluding carboxylic acids is 1. The molecule has 0 fully saturated rings. The van der Waals surface area contributed by atoms with E-state index in [9.17, 15) is 19.3 Å². The highest BCUT2D eigenvalue weighted by Crippen LogP contribution is 2.34. The number of aromatic nitrogens is 3. The van der Waals surface area contributed by atoms with Crippen LogP contribution in [0.1, 0.15) is 22.2 Å². The zero-order valence-electron chi connectivity index (χ0n) is 15.7. The number of hydrogen-bond donors (Lipinski definition) is 0. The van der Waals surface area contributed by atoms with Crippen molar-refractivity contribution in [3.63, 3.8) is 0 Å². The largest absolute Gasteiger partial charge is 0.462 e. The highest BCUT2D eigenvalue weighted by atomic mass is 32.1. The maximum Gasteiger partial charge on any atom is 0.348 e. The van der Waals surface area contributed by atoms with Crippen LogP contribution in [0.4, 0.5) is 10.1 Å². The van der Waals surface area contributed by atoms with Crippen molar-refractivity contribution in [1.82, 2.24) is 14.8 Å². The van der Waals surface area contributed by atoms with E-state index in [1.165, 1.54) is 29.2 Å². The Morgan fingerprint density at radius 3 is 2.87 bits per heavy atom. The smallest absolute Gasteiger partial charge is 0.348 e. The Morgan fingerprint density at radius 2 is 2.10 bits per heavy atom. The summed E-state index contributed by atoms with van der Waals surface area (Å²) in [6.07, 6.45) is 1.44. The second-order valence-corrected chi connectivity index (χ2v) is 7.37. The highest BCUT2D eigenvalue weighted by Gasteiger charge is 2.22. The third kappa shape index (κ3) is 3.64. The molecule has 0 unspecified atom stereocenters. The summed E-state index contributed by atoms with van der Waals surface area (Å²) in [5.74, 6) is -0.670. The summed E-state index contributed by atoms with van der Waals surface area (Å²) in [6, 6.07) is 10.6. The molecular weight excluding hydrogens is 411 g/mol. The van der Waals surface area contributed by atoms with Crippen molar-refractivity contribution in [2.45, 2.75) is 13.5 Å². The molecule has 2 heterocycles. The molecule has 0 saturated heterocycles. The van der Waals surface area contributed by atoms with Crippen molar-refractivity contribution in [3.05, 3.63) is 75.2 Å². The van der Waals surface area contributed by atoms with E-state index in [0.717, 1.165) is 11.3 Å². The molecule has 8 nitrogen and oxygen atoms in total. The molecule has 10 heteroatoms. The van der Waals surface area contributed by atoms with Gasteiger partial charge in [0, 0.05) is 33.3 Å². The van der Waals surface area contributed by atoms with E-state index < -0.39 is 16.7 Å². The van der Waals surface area contributed by atoms with E-state index in [0.29, 0.717) is 26.1 Å². The number of nitrogens with zero attached hydrogens (tertiary/aromatic N) is 4. The summed E-state index contributed by atoms with van der Waals surface area (Å²) in [5.41, 5.74) is 0.872. The third-order valence-corrected chi connectivity index (χ3v) is 5.57. The number of rotatable bonds is 6. The molecule has 0 spiro atoms. The van der Waals surface area contributed by atoms with Gasteiger partial charge in [0.05, 0.1) is 18.1 Å². The number of fused-ring (bicyclic) bond motifs is 1. The number of hydrogen-bond acceptors (Lipinski definition) is 7. The molecule has 0 aliphatic rings. The van der Waals surface area contributed by atoms with Crippen LogP contribution in [0, 0.1) is 15.9 Å². The van der Waals surface area contributed by atoms with Crippen LogP contribution in [0.25, 0.3) is 21.5 Å². The van der Waals surface area contributed by atoms with Gasteiger partial charge in [-0.05, 0) is 19.1 Å². The molecule has 0 N–H and O–H groups in total. The van der Waals surface area contributed by atoms with Gasteiger partial charge in [0.1, 0.15) is 17.0 Å². The van der Waals surface area contributed by atoms with Gasteiger partial charge in [-0.25, -0.2) is 18.9 Å². The Labute approximate surface area is 173 Å². The molecule has 0 bridgehead atoms. The number of esters is 1. The van der Waals surface area contributed by atoms with Crippen LogP contribution >= 0.6 is 11.3 Å². The third-order valence-electron chi connectivity index (χ3n) is 4.40. The first-order valence-electron chi connectivity index (χ1n) is 8.99. The molecule has 0 aliphatic heterocycles. The van der Waals surface area contributed by atoms with Crippen molar-refractivity contribution in [2.24, 2.45) is 0 Å². The predicted molar refractivity (Wildman–Crippen MR) is 109 cm³/mol. The maximum absolute atomic E-state index is 14.5. The van der Waals surface area contributed by atoms with Gasteiger partial charge in [-0.2, -0.15) is 5.10 Å². The minimum absolute atomic E-state index is 0.0700. The number of halogens is 1. The minimum Gasteiger partial charge on any atom is -0.462 e. The van der Waals surface area contributed by atoms with E-state index in [-0.39, 0.29) is 24.7 Å². The van der Waals surface area contributed by atoms with Crippen LogP contribution < -0.4 is 0 Å². The molecule has 0 aliphatic carbocycles. The Morgan fingerprint density at radius 1 is 1.30 bits per heavy atom. The van der Waals surface area contributed by atoms with Gasteiger partial charge in [-0.15, -0.1) is 11.3 Å². The normalized spacial score (nSPS) is 11.0. The summed E-state index contributed by atoms with van der Waals surface area (Å²) in [4.78, 5) is 27.4. The fraction of sp³-hybridized carbons (Fsp3) is 0.150. The van der Waals surface area contributed by atoms with Gasteiger partial charge in [-0.3, -0.25) is 10.1 Å². The Hall–Kier alpha value is -3.66. The van der Waals surface area contributed by atoms with Crippen molar-refractivity contribution in [3.8, 4) is 11.4 Å². The lowest BCUT2D eigenvalue weighted by molar-refractivity contribution is -0.384. The molecule has 30 heavy (non-hydrogen) atoms. The van der Waals surface area contributed by atoms with Crippen molar-refractivity contribution < 1.29 is 18.8 Å². The molecule has 0 amide bonds. The monoisotopic (exact) mass is 426 g/mol. The van der Waals surface area contributed by atoms with Crippen molar-refractivity contribution >= 4 is 33.1 Å². The van der Waals surface area contributed by atoms with Crippen molar-refractivity contribution in [1.29, 1.82) is 0 Å². The number of nitro benzene ring substituents is 1. The summed E-state index contributed by atoms with van der Waals surface area (Å²) in [6.45, 7) is 2.00. The van der Waals surface area contributed by atoms with Crippen LogP contribution in [-0.2, 0) is 11.3 Å². The molecular formula is C20H15FN4O4S. The van der Waals surface area contributed by atoms with E-state index in [2.05, 4.69) is 10.1 Å². The second-order valence-electron chi connectivity index (χ2n) is 6.32. The summed E-state index contributed by atoms with van der Waals surface area (Å²) < 4.78 is 21.8. The topological polar surface area (TPSA) is 100 Å². The fourth-order valence-electron chi connectivity index (χ4n) is 3.10. The number of nitro groups is 1. The summed E-state index contributed by atoms with van der Waals surface area (Å²) in [7, 11) is 0. The fourth-order valence-corrected chi connectivity index (χ4v) is 4.22. The van der Waals surface area contributed by atoms with Gasteiger partial charge in [0.2, 0.25) is 0 Å². The Balaban J connectivity index is 1.73. The number of ether oxygens (including phenoxy) is 1. The van der Waals surface area contributed by atoms with Crippen LogP contribution in [0.3, 0.4) is 0 Å². The second kappa shape index (κ2) is 7.99. The molecule has 0 saturated carbocycles. The van der Waals surface area contributed by atoms with E-state index in [1.54, 1.807) is 31.2 Å². The molecule has 4 rings (SSSR count). The van der Waals surface area contributed by atoms with Gasteiger partial charge >= 0.3 is 5.97 Å². The first kappa shape index (κ1) is 19.6. The lowest BCUT2D eigenvalue weighted by Gasteiger charge is -2.05. The zero-order valence-corrected chi connectivity index (χ0v) is 16.6. The summed E-state index contributed by atoms with van der Waals surface area (Å²) >= 11 is 1.16. The standard InChI is InChI=1S/C20H15FN4O4S/c1-2-29-20(26)18-14(17-15(21)7-4-8-16(17)30-18)10-24-11-22-19(23-24)12-5-3-6-13(9-12)25(27)28/h3-9,11H,2,10H2,1H3. The molecule has 4 aromatic rings. The van der Waals surface area contributed by atoms with Crippen LogP contribution in [0.15, 0.2) is 48.8 Å². The number of thiophene rings is 1. The number of non-ortho nitro benzene ring substituents is 1. The highest BCUT2D eigenvalue weighted by molar-refractivity contribution is 7.21. The average molecular weight is 426 g/mol. The van der Waals surface area contributed by atoms with Gasteiger partial charge in [0.15, 0.2) is 5.82 Å². The van der Waals surface area contributed by atoms with E-state index >= 15 is 0 Å². The molecule has 2 aromatic heterocycles. The number of benzene rings is 2. The van der Waals surface area contributed by atoms with Gasteiger partial charge in [0.25, 0.3) is 5.69 Å². The first-order chi connectivity index (χ1) is 14.5. The lowest BCUT2D eigenvalue weighted by Crippen LogP contribution is -2.09. The predicted octanol–water partition coefficient (Wildman–Crippen LogP) is 4.43. The Bertz CT molecular complexity index is 1270.